The molecule has 1 N–H and O–H groups in total. The average Bonchev–Trinajstić information content (AvgIpc) is 2.73. The minimum absolute atomic E-state index is 0.0252. The lowest BCUT2D eigenvalue weighted by molar-refractivity contribution is 0.0769. The number of likely N-dealkylation sites (tertiary alicyclic amines) is 1. The van der Waals surface area contributed by atoms with Crippen molar-refractivity contribution in [1.82, 2.24) is 4.90 Å². The van der Waals surface area contributed by atoms with E-state index >= 15 is 0 Å². The van der Waals surface area contributed by atoms with E-state index in [1.807, 2.05) is 12.1 Å². The number of β-amino-alcohol motifs (C(OH)–C–C–N with tert-alkyl or cyclic N) is 1. The van der Waals surface area contributed by atoms with Crippen LogP contribution in [0.3, 0.4) is 0 Å². The van der Waals surface area contributed by atoms with Gasteiger partial charge in [-0.05, 0) is 34.5 Å². The van der Waals surface area contributed by atoms with Gasteiger partial charge in [0.1, 0.15) is 0 Å². The van der Waals surface area contributed by atoms with Gasteiger partial charge >= 0.3 is 0 Å². The van der Waals surface area contributed by atoms with Gasteiger partial charge in [-0.15, -0.1) is 11.3 Å². The molecule has 0 aliphatic carbocycles. The van der Waals surface area contributed by atoms with E-state index < -0.39 is 0 Å². The molecule has 5 heteroatoms. The SMILES string of the molecule is O=C(c1ccc(Br)s1)N1CC[C@H](O)C1. The lowest BCUT2D eigenvalue weighted by atomic mass is 10.3. The van der Waals surface area contributed by atoms with Crippen LogP contribution < -0.4 is 0 Å². The lowest BCUT2D eigenvalue weighted by Crippen LogP contribution is -2.28. The predicted molar refractivity (Wildman–Crippen MR) is 58.5 cm³/mol. The Morgan fingerprint density at radius 1 is 1.64 bits per heavy atom. The van der Waals surface area contributed by atoms with Crippen LogP contribution in [0.1, 0.15) is 16.1 Å². The number of carbonyl (C=O) groups is 1. The number of hydrogen-bond donors (Lipinski definition) is 1. The summed E-state index contributed by atoms with van der Waals surface area (Å²) in [4.78, 5) is 14.2. The number of aliphatic hydroxyl groups excluding tert-OH is 1. The Hall–Kier alpha value is -0.390. The Kier molecular flexibility index (Phi) is 2.90. The molecule has 1 fully saturated rings. The van der Waals surface area contributed by atoms with Crippen LogP contribution >= 0.6 is 27.3 Å². The third kappa shape index (κ3) is 1.99. The molecular weight excluding hydrogens is 266 g/mol. The van der Waals surface area contributed by atoms with Crippen molar-refractivity contribution < 1.29 is 9.90 Å². The summed E-state index contributed by atoms with van der Waals surface area (Å²) in [6, 6.07) is 3.67. The normalized spacial score (nSPS) is 21.6. The smallest absolute Gasteiger partial charge is 0.264 e. The van der Waals surface area contributed by atoms with E-state index in [2.05, 4.69) is 15.9 Å². The van der Waals surface area contributed by atoms with Gasteiger partial charge in [-0.3, -0.25) is 4.79 Å². The summed E-state index contributed by atoms with van der Waals surface area (Å²) < 4.78 is 0.959. The van der Waals surface area contributed by atoms with Crippen molar-refractivity contribution in [3.63, 3.8) is 0 Å². The zero-order valence-electron chi connectivity index (χ0n) is 7.44. The van der Waals surface area contributed by atoms with E-state index in [9.17, 15) is 9.90 Å². The van der Waals surface area contributed by atoms with Crippen molar-refractivity contribution in [2.75, 3.05) is 13.1 Å². The summed E-state index contributed by atoms with van der Waals surface area (Å²) in [6.45, 7) is 1.13. The van der Waals surface area contributed by atoms with Crippen LogP contribution in [-0.2, 0) is 0 Å². The second kappa shape index (κ2) is 4.00. The number of carbonyl (C=O) groups excluding carboxylic acids is 1. The Balaban J connectivity index is 2.09. The minimum atomic E-state index is -0.345. The van der Waals surface area contributed by atoms with Crippen LogP contribution in [0.25, 0.3) is 0 Å². The lowest BCUT2D eigenvalue weighted by Gasteiger charge is -2.13. The number of rotatable bonds is 1. The molecule has 0 spiro atoms. The third-order valence-electron chi connectivity index (χ3n) is 2.23. The number of nitrogens with zero attached hydrogens (tertiary/aromatic N) is 1. The molecule has 0 radical (unpaired) electrons. The fourth-order valence-corrected chi connectivity index (χ4v) is 2.87. The molecule has 0 bridgehead atoms. The molecular formula is C9H10BrNO2S. The van der Waals surface area contributed by atoms with Gasteiger partial charge in [0.05, 0.1) is 14.8 Å². The molecule has 1 amide bonds. The standard InChI is InChI=1S/C9H10BrNO2S/c10-8-2-1-7(14-8)9(13)11-4-3-6(12)5-11/h1-2,6,12H,3-5H2/t6-/m0/s1. The van der Waals surface area contributed by atoms with E-state index in [-0.39, 0.29) is 12.0 Å². The Bertz CT molecular complexity index is 352. The number of hydrogen-bond acceptors (Lipinski definition) is 3. The van der Waals surface area contributed by atoms with Crippen molar-refractivity contribution in [1.29, 1.82) is 0 Å². The largest absolute Gasteiger partial charge is 0.391 e. The molecule has 3 nitrogen and oxygen atoms in total. The molecule has 1 saturated heterocycles. The molecule has 76 valence electrons. The fraction of sp³-hybridized carbons (Fsp3) is 0.444. The molecule has 1 aliphatic rings. The quantitative estimate of drug-likeness (QED) is 0.848. The second-order valence-electron chi connectivity index (χ2n) is 3.30. The van der Waals surface area contributed by atoms with Crippen molar-refractivity contribution in [3.05, 3.63) is 20.8 Å². The highest BCUT2D eigenvalue weighted by molar-refractivity contribution is 9.11. The molecule has 1 aromatic heterocycles. The van der Waals surface area contributed by atoms with Gasteiger partial charge in [0.15, 0.2) is 0 Å². The van der Waals surface area contributed by atoms with Crippen molar-refractivity contribution >= 4 is 33.2 Å². The number of amides is 1. The van der Waals surface area contributed by atoms with Gasteiger partial charge in [0, 0.05) is 13.1 Å². The first kappa shape index (κ1) is 10.1. The van der Waals surface area contributed by atoms with E-state index in [4.69, 9.17) is 0 Å². The zero-order chi connectivity index (χ0) is 10.1. The van der Waals surface area contributed by atoms with Crippen LogP contribution in [0.15, 0.2) is 15.9 Å². The highest BCUT2D eigenvalue weighted by Gasteiger charge is 2.25. The monoisotopic (exact) mass is 275 g/mol. The Labute approximate surface area is 94.5 Å². The first-order chi connectivity index (χ1) is 6.66. The molecule has 1 aromatic rings. The maximum Gasteiger partial charge on any atom is 0.264 e. The summed E-state index contributed by atoms with van der Waals surface area (Å²) in [5.41, 5.74) is 0. The van der Waals surface area contributed by atoms with E-state index in [0.29, 0.717) is 19.5 Å². The maximum atomic E-state index is 11.8. The number of thiophene rings is 1. The maximum absolute atomic E-state index is 11.8. The summed E-state index contributed by atoms with van der Waals surface area (Å²) in [5, 5.41) is 9.30. The van der Waals surface area contributed by atoms with Crippen molar-refractivity contribution in [2.45, 2.75) is 12.5 Å². The average molecular weight is 276 g/mol. The summed E-state index contributed by atoms with van der Waals surface area (Å²) >= 11 is 4.75. The first-order valence-corrected chi connectivity index (χ1v) is 6.00. The topological polar surface area (TPSA) is 40.5 Å². The van der Waals surface area contributed by atoms with E-state index in [1.54, 1.807) is 4.90 Å². The van der Waals surface area contributed by atoms with Gasteiger partial charge in [0.2, 0.25) is 0 Å². The van der Waals surface area contributed by atoms with E-state index in [1.165, 1.54) is 11.3 Å². The van der Waals surface area contributed by atoms with Crippen LogP contribution in [0, 0.1) is 0 Å². The molecule has 0 unspecified atom stereocenters. The molecule has 0 aromatic carbocycles. The van der Waals surface area contributed by atoms with Gasteiger partial charge in [-0.25, -0.2) is 0 Å². The Morgan fingerprint density at radius 2 is 2.43 bits per heavy atom. The number of halogens is 1. The first-order valence-electron chi connectivity index (χ1n) is 4.39. The fourth-order valence-electron chi connectivity index (χ4n) is 1.51. The molecule has 1 aliphatic heterocycles. The molecule has 14 heavy (non-hydrogen) atoms. The van der Waals surface area contributed by atoms with Gasteiger partial charge < -0.3 is 10.0 Å². The second-order valence-corrected chi connectivity index (χ2v) is 5.76. The van der Waals surface area contributed by atoms with Gasteiger partial charge in [-0.1, -0.05) is 0 Å². The Morgan fingerprint density at radius 3 is 2.93 bits per heavy atom. The molecule has 2 rings (SSSR count). The number of aliphatic hydroxyl groups is 1. The third-order valence-corrected chi connectivity index (χ3v) is 3.85. The van der Waals surface area contributed by atoms with Gasteiger partial charge in [-0.2, -0.15) is 0 Å². The summed E-state index contributed by atoms with van der Waals surface area (Å²) in [6.07, 6.45) is 0.348. The summed E-state index contributed by atoms with van der Waals surface area (Å²) in [7, 11) is 0. The highest BCUT2D eigenvalue weighted by atomic mass is 79.9. The summed E-state index contributed by atoms with van der Waals surface area (Å²) in [5.74, 6) is 0.0252. The van der Waals surface area contributed by atoms with Crippen LogP contribution in [0.4, 0.5) is 0 Å². The molecule has 2 heterocycles. The minimum Gasteiger partial charge on any atom is -0.391 e. The van der Waals surface area contributed by atoms with Crippen LogP contribution in [-0.4, -0.2) is 35.1 Å². The van der Waals surface area contributed by atoms with Crippen LogP contribution in [0.5, 0.6) is 0 Å². The van der Waals surface area contributed by atoms with Crippen molar-refractivity contribution in [2.24, 2.45) is 0 Å². The van der Waals surface area contributed by atoms with Crippen molar-refractivity contribution in [3.8, 4) is 0 Å². The van der Waals surface area contributed by atoms with Gasteiger partial charge in [0.25, 0.3) is 5.91 Å². The van der Waals surface area contributed by atoms with Crippen LogP contribution in [0.2, 0.25) is 0 Å². The highest BCUT2D eigenvalue weighted by Crippen LogP contribution is 2.24. The predicted octanol–water partition coefficient (Wildman–Crippen LogP) is 1.72. The zero-order valence-corrected chi connectivity index (χ0v) is 9.84. The van der Waals surface area contributed by atoms with E-state index in [0.717, 1.165) is 8.66 Å². The molecule has 0 saturated carbocycles. The molecule has 1 atom stereocenters.